The minimum absolute atomic E-state index is 0.156. The van der Waals surface area contributed by atoms with Gasteiger partial charge in [-0.1, -0.05) is 36.4 Å². The van der Waals surface area contributed by atoms with Crippen LogP contribution in [0.3, 0.4) is 0 Å². The van der Waals surface area contributed by atoms with E-state index in [4.69, 9.17) is 0 Å². The van der Waals surface area contributed by atoms with E-state index in [0.29, 0.717) is 16.9 Å². The van der Waals surface area contributed by atoms with Crippen molar-refractivity contribution < 1.29 is 9.18 Å². The zero-order chi connectivity index (χ0) is 18.8. The lowest BCUT2D eigenvalue weighted by Gasteiger charge is -2.05. The van der Waals surface area contributed by atoms with E-state index >= 15 is 0 Å². The van der Waals surface area contributed by atoms with Crippen molar-refractivity contribution >= 4 is 17.2 Å². The van der Waals surface area contributed by atoms with Crippen molar-refractivity contribution in [1.29, 1.82) is 0 Å². The number of para-hydroxylation sites is 1. The third-order valence-electron chi connectivity index (χ3n) is 4.16. The molecule has 0 spiro atoms. The summed E-state index contributed by atoms with van der Waals surface area (Å²) in [7, 11) is 0. The molecule has 7 heteroatoms. The molecular formula is C20H15FN4O2. The molecule has 134 valence electrons. The summed E-state index contributed by atoms with van der Waals surface area (Å²) in [5.74, 6) is -0.759. The van der Waals surface area contributed by atoms with Crippen LogP contribution in [0, 0.1) is 5.82 Å². The molecule has 27 heavy (non-hydrogen) atoms. The minimum Gasteiger partial charge on any atom is -0.322 e. The first-order valence-electron chi connectivity index (χ1n) is 8.32. The van der Waals surface area contributed by atoms with Crippen molar-refractivity contribution in [2.75, 3.05) is 5.32 Å². The monoisotopic (exact) mass is 362 g/mol. The maximum absolute atomic E-state index is 13.9. The molecule has 0 unspecified atom stereocenters. The lowest BCUT2D eigenvalue weighted by Crippen LogP contribution is -2.18. The maximum Gasteiger partial charge on any atom is 0.272 e. The number of rotatable bonds is 4. The van der Waals surface area contributed by atoms with Crippen molar-refractivity contribution in [3.63, 3.8) is 0 Å². The standard InChI is InChI=1S/C20H15FN4O2/c21-17-9-5-4-6-13(17)10-15-11-18(26)25-19(23-15)16(12-22-25)20(27)24-14-7-2-1-3-8-14/h1-9,11-12,22H,10H2,(H,24,27). The quantitative estimate of drug-likeness (QED) is 0.586. The zero-order valence-electron chi connectivity index (χ0n) is 14.1. The molecule has 0 fully saturated rings. The Bertz CT molecular complexity index is 1180. The second-order valence-corrected chi connectivity index (χ2v) is 6.02. The molecule has 0 saturated heterocycles. The molecular weight excluding hydrogens is 347 g/mol. The Morgan fingerprint density at radius 3 is 2.63 bits per heavy atom. The zero-order valence-corrected chi connectivity index (χ0v) is 14.1. The van der Waals surface area contributed by atoms with Gasteiger partial charge in [0.15, 0.2) is 5.65 Å². The number of amides is 1. The molecule has 0 atom stereocenters. The van der Waals surface area contributed by atoms with Crippen LogP contribution in [0.15, 0.2) is 71.7 Å². The van der Waals surface area contributed by atoms with Crippen LogP contribution in [0.4, 0.5) is 10.1 Å². The van der Waals surface area contributed by atoms with E-state index in [1.54, 1.807) is 42.5 Å². The molecule has 1 amide bonds. The van der Waals surface area contributed by atoms with Gasteiger partial charge in [-0.15, -0.1) is 0 Å². The van der Waals surface area contributed by atoms with Crippen molar-refractivity contribution in [1.82, 2.24) is 14.6 Å². The van der Waals surface area contributed by atoms with Gasteiger partial charge in [-0.2, -0.15) is 0 Å². The first kappa shape index (κ1) is 16.7. The highest BCUT2D eigenvalue weighted by atomic mass is 19.1. The van der Waals surface area contributed by atoms with Gasteiger partial charge in [0.2, 0.25) is 0 Å². The summed E-state index contributed by atoms with van der Waals surface area (Å²) in [5.41, 5.74) is 1.50. The molecule has 2 aromatic heterocycles. The molecule has 4 aromatic rings. The number of halogens is 1. The van der Waals surface area contributed by atoms with Gasteiger partial charge in [0.1, 0.15) is 11.4 Å². The summed E-state index contributed by atoms with van der Waals surface area (Å²) in [6.45, 7) is 0. The molecule has 0 aliphatic rings. The third-order valence-corrected chi connectivity index (χ3v) is 4.16. The molecule has 2 heterocycles. The predicted molar refractivity (Wildman–Crippen MR) is 99.4 cm³/mol. The Balaban J connectivity index is 1.71. The maximum atomic E-state index is 13.9. The number of aromatic amines is 1. The SMILES string of the molecule is O=C(Nc1ccccc1)c1c[nH]n2c(=O)cc(Cc3ccccc3F)nc12. The van der Waals surface area contributed by atoms with Crippen LogP contribution in [-0.2, 0) is 6.42 Å². The fourth-order valence-electron chi connectivity index (χ4n) is 2.84. The van der Waals surface area contributed by atoms with Crippen LogP contribution < -0.4 is 10.9 Å². The number of nitrogens with one attached hydrogen (secondary N) is 2. The number of fused-ring (bicyclic) bond motifs is 1. The van der Waals surface area contributed by atoms with E-state index in [9.17, 15) is 14.0 Å². The first-order valence-corrected chi connectivity index (χ1v) is 8.32. The summed E-state index contributed by atoms with van der Waals surface area (Å²) < 4.78 is 15.1. The highest BCUT2D eigenvalue weighted by molar-refractivity contribution is 6.08. The van der Waals surface area contributed by atoms with Crippen LogP contribution >= 0.6 is 0 Å². The average Bonchev–Trinajstić information content (AvgIpc) is 3.09. The molecule has 0 aliphatic heterocycles. The van der Waals surface area contributed by atoms with Gasteiger partial charge in [0, 0.05) is 24.4 Å². The van der Waals surface area contributed by atoms with Crippen LogP contribution in [0.25, 0.3) is 5.65 Å². The van der Waals surface area contributed by atoms with Gasteiger partial charge in [0.05, 0.1) is 5.69 Å². The summed E-state index contributed by atoms with van der Waals surface area (Å²) in [6.07, 6.45) is 1.58. The van der Waals surface area contributed by atoms with E-state index in [2.05, 4.69) is 15.4 Å². The van der Waals surface area contributed by atoms with E-state index < -0.39 is 5.91 Å². The van der Waals surface area contributed by atoms with Gasteiger partial charge in [0.25, 0.3) is 11.5 Å². The molecule has 2 aromatic carbocycles. The largest absolute Gasteiger partial charge is 0.322 e. The summed E-state index contributed by atoms with van der Waals surface area (Å²) >= 11 is 0. The van der Waals surface area contributed by atoms with Gasteiger partial charge in [-0.25, -0.2) is 13.9 Å². The van der Waals surface area contributed by atoms with E-state index in [0.717, 1.165) is 0 Å². The molecule has 0 saturated carbocycles. The normalized spacial score (nSPS) is 10.9. The molecule has 0 bridgehead atoms. The number of nitrogens with zero attached hydrogens (tertiary/aromatic N) is 2. The number of anilines is 1. The van der Waals surface area contributed by atoms with Gasteiger partial charge in [-0.3, -0.25) is 14.7 Å². The van der Waals surface area contributed by atoms with Crippen LogP contribution in [0.1, 0.15) is 21.6 Å². The van der Waals surface area contributed by atoms with Gasteiger partial charge in [-0.05, 0) is 23.8 Å². The summed E-state index contributed by atoms with van der Waals surface area (Å²) in [6, 6.07) is 16.6. The van der Waals surface area contributed by atoms with E-state index in [-0.39, 0.29) is 29.0 Å². The van der Waals surface area contributed by atoms with Crippen molar-refractivity contribution in [2.45, 2.75) is 6.42 Å². The Morgan fingerprint density at radius 2 is 1.85 bits per heavy atom. The topological polar surface area (TPSA) is 79.3 Å². The minimum atomic E-state index is -0.394. The number of H-pyrrole nitrogens is 1. The number of aromatic nitrogens is 3. The Kier molecular flexibility index (Phi) is 4.25. The highest BCUT2D eigenvalue weighted by Gasteiger charge is 2.16. The predicted octanol–water partition coefficient (Wildman–Crippen LogP) is 3.00. The molecule has 6 nitrogen and oxygen atoms in total. The van der Waals surface area contributed by atoms with Gasteiger partial charge < -0.3 is 5.32 Å². The lowest BCUT2D eigenvalue weighted by molar-refractivity contribution is 0.102. The molecule has 0 radical (unpaired) electrons. The fraction of sp³-hybridized carbons (Fsp3) is 0.0500. The Morgan fingerprint density at radius 1 is 1.11 bits per heavy atom. The van der Waals surface area contributed by atoms with E-state index in [1.807, 2.05) is 6.07 Å². The highest BCUT2D eigenvalue weighted by Crippen LogP contribution is 2.14. The Labute approximate surface area is 153 Å². The van der Waals surface area contributed by atoms with Crippen molar-refractivity contribution in [3.05, 3.63) is 99.9 Å². The average molecular weight is 362 g/mol. The summed E-state index contributed by atoms with van der Waals surface area (Å²) in [4.78, 5) is 29.3. The van der Waals surface area contributed by atoms with Crippen molar-refractivity contribution in [3.8, 4) is 0 Å². The Hall–Kier alpha value is -3.74. The smallest absolute Gasteiger partial charge is 0.272 e. The molecule has 2 N–H and O–H groups in total. The lowest BCUT2D eigenvalue weighted by atomic mass is 10.1. The summed E-state index contributed by atoms with van der Waals surface area (Å²) in [5, 5.41) is 5.49. The van der Waals surface area contributed by atoms with Gasteiger partial charge >= 0.3 is 0 Å². The fourth-order valence-corrected chi connectivity index (χ4v) is 2.84. The van der Waals surface area contributed by atoms with Crippen molar-refractivity contribution in [2.24, 2.45) is 0 Å². The van der Waals surface area contributed by atoms with E-state index in [1.165, 1.54) is 22.8 Å². The molecule has 4 rings (SSSR count). The second kappa shape index (κ2) is 6.87. The number of benzene rings is 2. The number of hydrogen-bond donors (Lipinski definition) is 2. The molecule has 0 aliphatic carbocycles. The van der Waals surface area contributed by atoms with Crippen LogP contribution in [0.2, 0.25) is 0 Å². The number of carbonyl (C=O) groups excluding carboxylic acids is 1. The second-order valence-electron chi connectivity index (χ2n) is 6.02. The number of carbonyl (C=O) groups is 1. The first-order chi connectivity index (χ1) is 13.1. The van der Waals surface area contributed by atoms with Crippen LogP contribution in [-0.4, -0.2) is 20.5 Å². The van der Waals surface area contributed by atoms with Crippen LogP contribution in [0.5, 0.6) is 0 Å². The number of hydrogen-bond acceptors (Lipinski definition) is 3. The third kappa shape index (κ3) is 3.35.